The quantitative estimate of drug-likeness (QED) is 0.358. The topological polar surface area (TPSA) is 136 Å². The standard InChI is InChI=1S/4Na.H4O7P2/c;;;;1-8(2,3)7-9(4,5)6/h;;;;(H2,1,2,3)(H2,4,5,6)/q4*+1;/p-4/i;;;;8+1. The van der Waals surface area contributed by atoms with Gasteiger partial charge in [-0.1, -0.05) is 0 Å². The fourth-order valence-electron chi connectivity index (χ4n) is 0.122. The Kier molecular flexibility index (Phi) is 29.7. The minimum Gasteiger partial charge on any atom is -0.790 e. The van der Waals surface area contributed by atoms with Gasteiger partial charge in [-0.2, -0.15) is 0 Å². The van der Waals surface area contributed by atoms with Crippen molar-refractivity contribution in [1.82, 2.24) is 0 Å². The van der Waals surface area contributed by atoms with E-state index in [0.29, 0.717) is 0 Å². The molecule has 0 saturated carbocycles. The maximum absolute atomic E-state index is 9.32. The number of hydrogen-bond acceptors (Lipinski definition) is 7. The van der Waals surface area contributed by atoms with Gasteiger partial charge >= 0.3 is 118 Å². The van der Waals surface area contributed by atoms with Gasteiger partial charge in [0.05, 0.1) is 15.6 Å². The van der Waals surface area contributed by atoms with E-state index in [1.165, 1.54) is 0 Å². The smallest absolute Gasteiger partial charge is 0.790 e. The minimum atomic E-state index is -5.68. The molecule has 56 valence electrons. The molecule has 0 radical (unpaired) electrons. The molecule has 0 atom stereocenters. The largest absolute Gasteiger partial charge is 1.00 e. The molecule has 0 aliphatic carbocycles. The monoisotopic (exact) mass is 267 g/mol. The molecule has 0 N–H and O–H groups in total. The van der Waals surface area contributed by atoms with Gasteiger partial charge in [-0.25, -0.2) is 0 Å². The van der Waals surface area contributed by atoms with E-state index in [2.05, 4.69) is 4.31 Å². The van der Waals surface area contributed by atoms with Crippen molar-refractivity contribution in [3.8, 4) is 0 Å². The Morgan fingerprint density at radius 1 is 0.692 bits per heavy atom. The number of phosphoric acid groups is 2. The first kappa shape index (κ1) is 30.4. The van der Waals surface area contributed by atoms with E-state index in [4.69, 9.17) is 0 Å². The Morgan fingerprint density at radius 2 is 0.846 bits per heavy atom. The van der Waals surface area contributed by atoms with Crippen LogP contribution in [0.15, 0.2) is 0 Å². The predicted octanol–water partition coefficient (Wildman–Crippen LogP) is -15.3. The molecule has 0 spiro atoms. The molecule has 0 fully saturated rings. The normalized spacial score (nSPS) is 9.54. The van der Waals surface area contributed by atoms with Crippen molar-refractivity contribution >= 4 is 15.6 Å². The van der Waals surface area contributed by atoms with Gasteiger partial charge in [0, 0.05) is 0 Å². The zero-order valence-corrected chi connectivity index (χ0v) is 17.5. The van der Waals surface area contributed by atoms with Gasteiger partial charge < -0.3 is 33.0 Å². The maximum atomic E-state index is 9.32. The molecule has 0 aromatic carbocycles. The second-order valence-electron chi connectivity index (χ2n) is 0.976. The second kappa shape index (κ2) is 12.7. The molecule has 0 unspecified atom stereocenters. The molecule has 0 bridgehead atoms. The summed E-state index contributed by atoms with van der Waals surface area (Å²) in [5.41, 5.74) is 0. The second-order valence-corrected chi connectivity index (χ2v) is 3.42. The van der Waals surface area contributed by atoms with Crippen molar-refractivity contribution in [3.05, 3.63) is 0 Å². The molecule has 0 aliphatic rings. The van der Waals surface area contributed by atoms with Crippen LogP contribution >= 0.6 is 15.6 Å². The van der Waals surface area contributed by atoms with Gasteiger partial charge in [0.2, 0.25) is 0 Å². The molecule has 13 heavy (non-hydrogen) atoms. The summed E-state index contributed by atoms with van der Waals surface area (Å²) in [5, 5.41) is 0. The Labute approximate surface area is 163 Å². The van der Waals surface area contributed by atoms with Crippen LogP contribution in [0.1, 0.15) is 0 Å². The molecule has 0 rings (SSSR count). The van der Waals surface area contributed by atoms with Gasteiger partial charge in [0.25, 0.3) is 0 Å². The van der Waals surface area contributed by atoms with Crippen LogP contribution in [0.5, 0.6) is 0 Å². The molecule has 0 saturated heterocycles. The Morgan fingerprint density at radius 3 is 0.846 bits per heavy atom. The fourth-order valence-corrected chi connectivity index (χ4v) is 1.10. The molecular weight excluding hydrogens is 267 g/mol. The van der Waals surface area contributed by atoms with Crippen LogP contribution in [0, 0.1) is 0 Å². The summed E-state index contributed by atoms with van der Waals surface area (Å²) >= 11 is 0. The van der Waals surface area contributed by atoms with Crippen molar-refractivity contribution in [2.24, 2.45) is 0 Å². The summed E-state index contributed by atoms with van der Waals surface area (Å²) in [6, 6.07) is 0. The van der Waals surface area contributed by atoms with Crippen LogP contribution in [0.4, 0.5) is 0 Å². The molecule has 0 aromatic rings. The van der Waals surface area contributed by atoms with E-state index in [9.17, 15) is 28.7 Å². The molecule has 13 heteroatoms. The summed E-state index contributed by atoms with van der Waals surface area (Å²) in [5.74, 6) is 0. The van der Waals surface area contributed by atoms with Crippen LogP contribution in [-0.2, 0) is 13.4 Å². The van der Waals surface area contributed by atoms with Crippen molar-refractivity contribution in [2.75, 3.05) is 0 Å². The molecule has 0 heterocycles. The predicted molar refractivity (Wildman–Crippen MR) is 16.3 cm³/mol. The first-order valence-corrected chi connectivity index (χ1v) is 4.38. The zero-order chi connectivity index (χ0) is 7.71. The van der Waals surface area contributed by atoms with Gasteiger partial charge in [0.15, 0.2) is 0 Å². The zero-order valence-electron chi connectivity index (χ0n) is 7.75. The van der Waals surface area contributed by atoms with Crippen LogP contribution in [0.2, 0.25) is 0 Å². The Bertz CT molecular complexity index is 159. The van der Waals surface area contributed by atoms with Crippen LogP contribution in [-0.4, -0.2) is 0 Å². The third kappa shape index (κ3) is 31.4. The van der Waals surface area contributed by atoms with E-state index in [0.717, 1.165) is 0 Å². The molecule has 0 aliphatic heterocycles. The van der Waals surface area contributed by atoms with Gasteiger partial charge in [-0.15, -0.1) is 0 Å². The van der Waals surface area contributed by atoms with Crippen molar-refractivity contribution in [3.63, 3.8) is 0 Å². The number of hydrogen-bond donors (Lipinski definition) is 0. The Hall–Kier alpha value is 4.26. The first-order chi connectivity index (χ1) is 3.71. The fraction of sp³-hybridized carbons (Fsp3) is 0. The van der Waals surface area contributed by atoms with E-state index >= 15 is 0 Å². The summed E-state index contributed by atoms with van der Waals surface area (Å²) in [6.45, 7) is 0. The van der Waals surface area contributed by atoms with E-state index < -0.39 is 15.6 Å². The van der Waals surface area contributed by atoms with E-state index in [1.807, 2.05) is 0 Å². The summed E-state index contributed by atoms with van der Waals surface area (Å²) in [4.78, 5) is 37.3. The summed E-state index contributed by atoms with van der Waals surface area (Å²) < 4.78 is 21.2. The maximum Gasteiger partial charge on any atom is 1.00 e. The Balaban J connectivity index is -0.0000000533. The van der Waals surface area contributed by atoms with Crippen LogP contribution in [0.25, 0.3) is 0 Å². The van der Waals surface area contributed by atoms with Crippen molar-refractivity contribution in [2.45, 2.75) is 0 Å². The SMILES string of the molecule is O=P([O-])([O-])O[32P](=O)([O-])[O-].[Na+].[Na+].[Na+].[Na+]. The first-order valence-electron chi connectivity index (χ1n) is 1.46. The summed E-state index contributed by atoms with van der Waals surface area (Å²) in [6.07, 6.45) is 0. The molecule has 0 amide bonds. The third-order valence-electron chi connectivity index (χ3n) is 0.200. The molecule has 7 nitrogen and oxygen atoms in total. The van der Waals surface area contributed by atoms with Crippen molar-refractivity contribution in [1.29, 1.82) is 0 Å². The van der Waals surface area contributed by atoms with Gasteiger partial charge in [0.1, 0.15) is 0 Å². The minimum absolute atomic E-state index is 0. The average Bonchev–Trinajstić information content (AvgIpc) is 1.14. The van der Waals surface area contributed by atoms with Crippen LogP contribution in [0.3, 0.4) is 0 Å². The van der Waals surface area contributed by atoms with Crippen LogP contribution < -0.4 is 138 Å². The van der Waals surface area contributed by atoms with Crippen molar-refractivity contribution < 1.29 is 151 Å². The summed E-state index contributed by atoms with van der Waals surface area (Å²) in [7, 11) is -11.4. The van der Waals surface area contributed by atoms with Gasteiger partial charge in [-0.05, 0) is 0 Å². The third-order valence-corrected chi connectivity index (χ3v) is 1.80. The molecule has 0 aromatic heterocycles. The van der Waals surface area contributed by atoms with E-state index in [1.54, 1.807) is 0 Å². The average molecular weight is 267 g/mol. The number of rotatable bonds is 2. The van der Waals surface area contributed by atoms with E-state index in [-0.39, 0.29) is 118 Å². The molecular formula is Na4O7P2. The van der Waals surface area contributed by atoms with Gasteiger partial charge in [-0.3, -0.25) is 0 Å².